The van der Waals surface area contributed by atoms with Crippen LogP contribution in [0.4, 0.5) is 11.4 Å². The molecule has 0 aliphatic carbocycles. The number of rotatable bonds is 7. The van der Waals surface area contributed by atoms with Gasteiger partial charge in [0.2, 0.25) is 5.91 Å². The fraction of sp³-hybridized carbons (Fsp3) is 0.278. The number of benzene rings is 2. The molecule has 0 heterocycles. The summed E-state index contributed by atoms with van der Waals surface area (Å²) in [4.78, 5) is 14.3. The molecule has 0 aliphatic heterocycles. The van der Waals surface area contributed by atoms with Gasteiger partial charge >= 0.3 is 0 Å². The average Bonchev–Trinajstić information content (AvgIpc) is 2.61. The highest BCUT2D eigenvalue weighted by atomic mass is 35.5. The van der Waals surface area contributed by atoms with Gasteiger partial charge in [0.05, 0.1) is 24.9 Å². The molecule has 2 aromatic rings. The third kappa shape index (κ3) is 4.55. The number of nitrogens with zero attached hydrogens (tertiary/aromatic N) is 1. The van der Waals surface area contributed by atoms with Crippen molar-refractivity contribution >= 4 is 28.9 Å². The average molecular weight is 349 g/mol. The molecule has 0 atom stereocenters. The van der Waals surface area contributed by atoms with Crippen molar-refractivity contribution in [2.24, 2.45) is 0 Å². The summed E-state index contributed by atoms with van der Waals surface area (Å²) in [6, 6.07) is 13.2. The van der Waals surface area contributed by atoms with Gasteiger partial charge in [-0.25, -0.2) is 0 Å². The van der Waals surface area contributed by atoms with E-state index in [1.54, 1.807) is 12.1 Å². The molecule has 0 fully saturated rings. The van der Waals surface area contributed by atoms with E-state index < -0.39 is 0 Å². The first-order valence-electron chi connectivity index (χ1n) is 7.52. The predicted octanol–water partition coefficient (Wildman–Crippen LogP) is 3.82. The van der Waals surface area contributed by atoms with Gasteiger partial charge in [-0.1, -0.05) is 29.8 Å². The second-order valence-electron chi connectivity index (χ2n) is 5.24. The van der Waals surface area contributed by atoms with Gasteiger partial charge in [0, 0.05) is 37.8 Å². The Balaban J connectivity index is 1.99. The third-order valence-corrected chi connectivity index (χ3v) is 3.91. The summed E-state index contributed by atoms with van der Waals surface area (Å²) in [5, 5.41) is 3.27. The summed E-state index contributed by atoms with van der Waals surface area (Å²) in [5.74, 6) is 0.861. The van der Waals surface area contributed by atoms with Crippen molar-refractivity contribution in [3.63, 3.8) is 0 Å². The van der Waals surface area contributed by atoms with Gasteiger partial charge in [0.15, 0.2) is 0 Å². The SMILES string of the molecule is COc1cc(NC(=O)CCN(C)c2ccccc2)c(OC)cc1Cl. The van der Waals surface area contributed by atoms with Crippen molar-refractivity contribution in [3.05, 3.63) is 47.5 Å². The summed E-state index contributed by atoms with van der Waals surface area (Å²) in [7, 11) is 5.00. The van der Waals surface area contributed by atoms with Gasteiger partial charge in [-0.05, 0) is 12.1 Å². The van der Waals surface area contributed by atoms with E-state index in [4.69, 9.17) is 21.1 Å². The summed E-state index contributed by atoms with van der Waals surface area (Å²) < 4.78 is 10.4. The van der Waals surface area contributed by atoms with Crippen LogP contribution >= 0.6 is 11.6 Å². The first-order chi connectivity index (χ1) is 11.5. The van der Waals surface area contributed by atoms with Crippen LogP contribution in [0, 0.1) is 0 Å². The van der Waals surface area contributed by atoms with Gasteiger partial charge < -0.3 is 19.7 Å². The van der Waals surface area contributed by atoms with E-state index in [0.29, 0.717) is 35.2 Å². The maximum Gasteiger partial charge on any atom is 0.226 e. The molecule has 0 spiro atoms. The number of halogens is 1. The molecule has 0 aliphatic rings. The first kappa shape index (κ1) is 17.9. The molecule has 2 aromatic carbocycles. The Morgan fingerprint density at radius 3 is 2.42 bits per heavy atom. The Bertz CT molecular complexity index is 692. The van der Waals surface area contributed by atoms with Gasteiger partial charge in [-0.2, -0.15) is 0 Å². The quantitative estimate of drug-likeness (QED) is 0.826. The lowest BCUT2D eigenvalue weighted by Gasteiger charge is -2.19. The Labute approximate surface area is 147 Å². The zero-order chi connectivity index (χ0) is 17.5. The maximum absolute atomic E-state index is 12.2. The van der Waals surface area contributed by atoms with Crippen LogP contribution in [0.2, 0.25) is 5.02 Å². The minimum absolute atomic E-state index is 0.111. The van der Waals surface area contributed by atoms with E-state index in [1.165, 1.54) is 14.2 Å². The molecule has 2 rings (SSSR count). The molecule has 128 valence electrons. The molecule has 1 N–H and O–H groups in total. The highest BCUT2D eigenvalue weighted by molar-refractivity contribution is 6.32. The molecule has 0 radical (unpaired) electrons. The molecule has 0 saturated heterocycles. The molecule has 0 aromatic heterocycles. The van der Waals surface area contributed by atoms with E-state index in [2.05, 4.69) is 5.32 Å². The summed E-state index contributed by atoms with van der Waals surface area (Å²) >= 11 is 6.06. The number of anilines is 2. The summed E-state index contributed by atoms with van der Waals surface area (Å²) in [6.45, 7) is 0.600. The lowest BCUT2D eigenvalue weighted by Crippen LogP contribution is -2.24. The Kier molecular flexibility index (Phi) is 6.32. The van der Waals surface area contributed by atoms with E-state index in [1.807, 2.05) is 42.3 Å². The van der Waals surface area contributed by atoms with E-state index in [0.717, 1.165) is 5.69 Å². The highest BCUT2D eigenvalue weighted by Crippen LogP contribution is 2.35. The number of hydrogen-bond acceptors (Lipinski definition) is 4. The van der Waals surface area contributed by atoms with E-state index in [9.17, 15) is 4.79 Å². The van der Waals surface area contributed by atoms with Gasteiger partial charge in [-0.3, -0.25) is 4.79 Å². The van der Waals surface area contributed by atoms with Crippen LogP contribution in [0.3, 0.4) is 0 Å². The molecule has 24 heavy (non-hydrogen) atoms. The van der Waals surface area contributed by atoms with Crippen molar-refractivity contribution in [1.82, 2.24) is 0 Å². The molecule has 6 heteroatoms. The standard InChI is InChI=1S/C18H21ClN2O3/c1-21(13-7-5-4-6-8-13)10-9-18(22)20-15-12-16(23-2)14(19)11-17(15)24-3/h4-8,11-12H,9-10H2,1-3H3,(H,20,22). The highest BCUT2D eigenvalue weighted by Gasteiger charge is 2.13. The lowest BCUT2D eigenvalue weighted by molar-refractivity contribution is -0.116. The number of carbonyl (C=O) groups is 1. The van der Waals surface area contributed by atoms with Crippen LogP contribution in [0.15, 0.2) is 42.5 Å². The van der Waals surface area contributed by atoms with Crippen LogP contribution in [-0.4, -0.2) is 33.7 Å². The minimum atomic E-state index is -0.111. The number of hydrogen-bond donors (Lipinski definition) is 1. The van der Waals surface area contributed by atoms with Crippen LogP contribution in [0.25, 0.3) is 0 Å². The van der Waals surface area contributed by atoms with Gasteiger partial charge in [0.25, 0.3) is 0 Å². The van der Waals surface area contributed by atoms with Crippen LogP contribution in [-0.2, 0) is 4.79 Å². The number of para-hydroxylation sites is 1. The third-order valence-electron chi connectivity index (χ3n) is 3.62. The summed E-state index contributed by atoms with van der Waals surface area (Å²) in [6.07, 6.45) is 0.347. The molecule has 0 saturated carbocycles. The Morgan fingerprint density at radius 1 is 1.12 bits per heavy atom. The van der Waals surface area contributed by atoms with E-state index >= 15 is 0 Å². The number of carbonyl (C=O) groups excluding carboxylic acids is 1. The van der Waals surface area contributed by atoms with Crippen molar-refractivity contribution in [2.75, 3.05) is 38.0 Å². The normalized spacial score (nSPS) is 10.2. The van der Waals surface area contributed by atoms with Crippen molar-refractivity contribution in [3.8, 4) is 11.5 Å². The zero-order valence-electron chi connectivity index (χ0n) is 14.0. The lowest BCUT2D eigenvalue weighted by atomic mass is 10.2. The number of amides is 1. The number of methoxy groups -OCH3 is 2. The zero-order valence-corrected chi connectivity index (χ0v) is 14.8. The fourth-order valence-electron chi connectivity index (χ4n) is 2.25. The second-order valence-corrected chi connectivity index (χ2v) is 5.65. The maximum atomic E-state index is 12.2. The van der Waals surface area contributed by atoms with Crippen molar-refractivity contribution in [1.29, 1.82) is 0 Å². The van der Waals surface area contributed by atoms with Crippen molar-refractivity contribution < 1.29 is 14.3 Å². The predicted molar refractivity (Wildman–Crippen MR) is 97.5 cm³/mol. The molecular formula is C18H21ClN2O3. The van der Waals surface area contributed by atoms with Crippen LogP contribution in [0.5, 0.6) is 11.5 Å². The van der Waals surface area contributed by atoms with E-state index in [-0.39, 0.29) is 5.91 Å². The topological polar surface area (TPSA) is 50.8 Å². The Hall–Kier alpha value is -2.40. The second kappa shape index (κ2) is 8.45. The Morgan fingerprint density at radius 2 is 1.79 bits per heavy atom. The molecular weight excluding hydrogens is 328 g/mol. The smallest absolute Gasteiger partial charge is 0.226 e. The molecule has 5 nitrogen and oxygen atoms in total. The van der Waals surface area contributed by atoms with Crippen molar-refractivity contribution in [2.45, 2.75) is 6.42 Å². The van der Waals surface area contributed by atoms with Crippen LogP contribution < -0.4 is 19.7 Å². The van der Waals surface area contributed by atoms with Gasteiger partial charge in [-0.15, -0.1) is 0 Å². The molecule has 0 bridgehead atoms. The largest absolute Gasteiger partial charge is 0.495 e. The minimum Gasteiger partial charge on any atom is -0.495 e. The molecule has 1 amide bonds. The fourth-order valence-corrected chi connectivity index (χ4v) is 2.48. The summed E-state index contributed by atoms with van der Waals surface area (Å²) in [5.41, 5.74) is 1.60. The molecule has 0 unspecified atom stereocenters. The number of nitrogens with one attached hydrogen (secondary N) is 1. The van der Waals surface area contributed by atoms with Crippen LogP contribution in [0.1, 0.15) is 6.42 Å². The van der Waals surface area contributed by atoms with Gasteiger partial charge in [0.1, 0.15) is 11.5 Å². The first-order valence-corrected chi connectivity index (χ1v) is 7.90. The monoisotopic (exact) mass is 348 g/mol. The number of ether oxygens (including phenoxy) is 2.